The molecule has 7 nitrogen and oxygen atoms in total. The third kappa shape index (κ3) is 3.61. The predicted molar refractivity (Wildman–Crippen MR) is 91.9 cm³/mol. The van der Waals surface area contributed by atoms with Gasteiger partial charge in [0.15, 0.2) is 5.69 Å². The van der Waals surface area contributed by atoms with Gasteiger partial charge in [-0.1, -0.05) is 32.0 Å². The number of hydrogen-bond donors (Lipinski definition) is 2. The van der Waals surface area contributed by atoms with Crippen LogP contribution < -0.4 is 16.2 Å². The standard InChI is InChI=1S/C17H22N4O3/c1-4-11(5-2)19-14(22)10-21-17(24)13-9-7-6-8-12(13)15(20-21)16(23)18-3/h6-9,11H,4-5,10H2,1-3H3,(H,18,23)(H,19,22). The number of fused-ring (bicyclic) bond motifs is 1. The molecule has 7 heteroatoms. The minimum atomic E-state index is -0.402. The van der Waals surface area contributed by atoms with E-state index in [0.717, 1.165) is 17.5 Å². The highest BCUT2D eigenvalue weighted by atomic mass is 16.2. The molecule has 0 saturated carbocycles. The molecule has 0 bridgehead atoms. The quantitative estimate of drug-likeness (QED) is 0.828. The van der Waals surface area contributed by atoms with Crippen molar-refractivity contribution in [3.63, 3.8) is 0 Å². The molecule has 2 aromatic rings. The van der Waals surface area contributed by atoms with Crippen molar-refractivity contribution in [3.05, 3.63) is 40.3 Å². The van der Waals surface area contributed by atoms with E-state index >= 15 is 0 Å². The van der Waals surface area contributed by atoms with Gasteiger partial charge in [0.1, 0.15) is 6.54 Å². The lowest BCUT2D eigenvalue weighted by molar-refractivity contribution is -0.122. The molecular weight excluding hydrogens is 308 g/mol. The molecule has 0 aliphatic heterocycles. The second-order valence-electron chi connectivity index (χ2n) is 5.52. The number of carbonyl (C=O) groups excluding carboxylic acids is 2. The van der Waals surface area contributed by atoms with Crippen molar-refractivity contribution in [2.75, 3.05) is 7.05 Å². The van der Waals surface area contributed by atoms with Crippen LogP contribution in [0.25, 0.3) is 10.8 Å². The monoisotopic (exact) mass is 330 g/mol. The Hall–Kier alpha value is -2.70. The van der Waals surface area contributed by atoms with Crippen LogP contribution in [0.4, 0.5) is 0 Å². The molecule has 0 spiro atoms. The van der Waals surface area contributed by atoms with Gasteiger partial charge in [0.05, 0.1) is 5.39 Å². The fraction of sp³-hybridized carbons (Fsp3) is 0.412. The maximum absolute atomic E-state index is 12.5. The molecule has 0 radical (unpaired) electrons. The van der Waals surface area contributed by atoms with Gasteiger partial charge in [-0.15, -0.1) is 0 Å². The van der Waals surface area contributed by atoms with Crippen LogP contribution in [0.5, 0.6) is 0 Å². The van der Waals surface area contributed by atoms with E-state index < -0.39 is 11.5 Å². The number of nitrogens with one attached hydrogen (secondary N) is 2. The summed E-state index contributed by atoms with van der Waals surface area (Å²) in [5.74, 6) is -0.697. The normalized spacial score (nSPS) is 10.8. The van der Waals surface area contributed by atoms with Gasteiger partial charge in [-0.25, -0.2) is 4.68 Å². The topological polar surface area (TPSA) is 93.1 Å². The zero-order chi connectivity index (χ0) is 17.7. The van der Waals surface area contributed by atoms with Crippen molar-refractivity contribution in [1.29, 1.82) is 0 Å². The lowest BCUT2D eigenvalue weighted by Gasteiger charge is -2.15. The predicted octanol–water partition coefficient (Wildman–Crippen LogP) is 1.06. The first-order valence-corrected chi connectivity index (χ1v) is 8.03. The minimum Gasteiger partial charge on any atom is -0.354 e. The Bertz CT molecular complexity index is 809. The Labute approximate surface area is 140 Å². The minimum absolute atomic E-state index is 0.0621. The lowest BCUT2D eigenvalue weighted by atomic mass is 10.1. The summed E-state index contributed by atoms with van der Waals surface area (Å²) < 4.78 is 1.05. The number of nitrogens with zero attached hydrogens (tertiary/aromatic N) is 2. The summed E-state index contributed by atoms with van der Waals surface area (Å²) >= 11 is 0. The summed E-state index contributed by atoms with van der Waals surface area (Å²) in [5.41, 5.74) is -0.263. The largest absolute Gasteiger partial charge is 0.354 e. The van der Waals surface area contributed by atoms with Crippen LogP contribution in [0.3, 0.4) is 0 Å². The van der Waals surface area contributed by atoms with Crippen LogP contribution in [0, 0.1) is 0 Å². The number of benzene rings is 1. The zero-order valence-electron chi connectivity index (χ0n) is 14.1. The van der Waals surface area contributed by atoms with E-state index in [2.05, 4.69) is 15.7 Å². The van der Waals surface area contributed by atoms with E-state index in [1.165, 1.54) is 7.05 Å². The van der Waals surface area contributed by atoms with E-state index in [0.29, 0.717) is 10.8 Å². The highest BCUT2D eigenvalue weighted by molar-refractivity contribution is 6.04. The maximum atomic E-state index is 12.5. The fourth-order valence-electron chi connectivity index (χ4n) is 2.53. The maximum Gasteiger partial charge on any atom is 0.275 e. The van der Waals surface area contributed by atoms with Crippen molar-refractivity contribution in [2.24, 2.45) is 0 Å². The van der Waals surface area contributed by atoms with Gasteiger partial charge in [-0.05, 0) is 18.9 Å². The molecule has 0 atom stereocenters. The molecule has 0 aliphatic rings. The molecule has 1 aromatic heterocycles. The fourth-order valence-corrected chi connectivity index (χ4v) is 2.53. The molecule has 2 rings (SSSR count). The van der Waals surface area contributed by atoms with Crippen LogP contribution in [-0.4, -0.2) is 34.7 Å². The van der Waals surface area contributed by atoms with Gasteiger partial charge >= 0.3 is 0 Å². The van der Waals surface area contributed by atoms with Crippen molar-refractivity contribution < 1.29 is 9.59 Å². The third-order valence-electron chi connectivity index (χ3n) is 3.95. The average molecular weight is 330 g/mol. The third-order valence-corrected chi connectivity index (χ3v) is 3.95. The first-order valence-electron chi connectivity index (χ1n) is 8.03. The molecule has 2 amide bonds. The van der Waals surface area contributed by atoms with Crippen molar-refractivity contribution in [2.45, 2.75) is 39.3 Å². The van der Waals surface area contributed by atoms with Crippen LogP contribution in [0.15, 0.2) is 29.1 Å². The molecule has 128 valence electrons. The smallest absolute Gasteiger partial charge is 0.275 e. The van der Waals surface area contributed by atoms with Gasteiger partial charge in [-0.2, -0.15) is 5.10 Å². The number of rotatable bonds is 6. The van der Waals surface area contributed by atoms with E-state index in [4.69, 9.17) is 0 Å². The number of carbonyl (C=O) groups is 2. The summed E-state index contributed by atoms with van der Waals surface area (Å²) in [6, 6.07) is 6.81. The molecule has 2 N–H and O–H groups in total. The second kappa shape index (κ2) is 7.72. The summed E-state index contributed by atoms with van der Waals surface area (Å²) in [7, 11) is 1.49. The molecular formula is C17H22N4O3. The summed E-state index contributed by atoms with van der Waals surface area (Å²) in [6.45, 7) is 3.75. The Morgan fingerprint density at radius 1 is 1.17 bits per heavy atom. The van der Waals surface area contributed by atoms with E-state index in [1.54, 1.807) is 24.3 Å². The molecule has 1 heterocycles. The van der Waals surface area contributed by atoms with E-state index in [9.17, 15) is 14.4 Å². The van der Waals surface area contributed by atoms with Crippen molar-refractivity contribution in [3.8, 4) is 0 Å². The number of amides is 2. The molecule has 0 saturated heterocycles. The van der Waals surface area contributed by atoms with Gasteiger partial charge in [0.2, 0.25) is 5.91 Å². The molecule has 0 fully saturated rings. The molecule has 24 heavy (non-hydrogen) atoms. The first-order chi connectivity index (χ1) is 11.5. The van der Waals surface area contributed by atoms with Crippen molar-refractivity contribution >= 4 is 22.6 Å². The lowest BCUT2D eigenvalue weighted by Crippen LogP contribution is -2.39. The van der Waals surface area contributed by atoms with Crippen molar-refractivity contribution in [1.82, 2.24) is 20.4 Å². The number of aromatic nitrogens is 2. The Kier molecular flexibility index (Phi) is 5.68. The SMILES string of the molecule is CCC(CC)NC(=O)Cn1nc(C(=O)NC)c2ccccc2c1=O. The Balaban J connectivity index is 2.44. The highest BCUT2D eigenvalue weighted by Gasteiger charge is 2.17. The summed E-state index contributed by atoms with van der Waals surface area (Å²) in [4.78, 5) is 36.8. The summed E-state index contributed by atoms with van der Waals surface area (Å²) in [6.07, 6.45) is 1.62. The molecule has 0 unspecified atom stereocenters. The Morgan fingerprint density at radius 3 is 2.38 bits per heavy atom. The van der Waals surface area contributed by atoms with E-state index in [1.807, 2.05) is 13.8 Å². The van der Waals surface area contributed by atoms with Crippen LogP contribution in [0.1, 0.15) is 37.2 Å². The van der Waals surface area contributed by atoms with Gasteiger partial charge in [0.25, 0.3) is 11.5 Å². The first kappa shape index (κ1) is 17.7. The van der Waals surface area contributed by atoms with Crippen LogP contribution in [0.2, 0.25) is 0 Å². The molecule has 0 aliphatic carbocycles. The number of hydrogen-bond acceptors (Lipinski definition) is 4. The van der Waals surface area contributed by atoms with Gasteiger partial charge in [0, 0.05) is 18.5 Å². The highest BCUT2D eigenvalue weighted by Crippen LogP contribution is 2.13. The van der Waals surface area contributed by atoms with E-state index in [-0.39, 0.29) is 24.2 Å². The molecule has 1 aromatic carbocycles. The van der Waals surface area contributed by atoms with Gasteiger partial charge < -0.3 is 10.6 Å². The zero-order valence-corrected chi connectivity index (χ0v) is 14.1. The average Bonchev–Trinajstić information content (AvgIpc) is 2.61. The Morgan fingerprint density at radius 2 is 1.79 bits per heavy atom. The van der Waals surface area contributed by atoms with Crippen LogP contribution in [-0.2, 0) is 11.3 Å². The second-order valence-corrected chi connectivity index (χ2v) is 5.52. The van der Waals surface area contributed by atoms with Crippen LogP contribution >= 0.6 is 0 Å². The van der Waals surface area contributed by atoms with Gasteiger partial charge in [-0.3, -0.25) is 14.4 Å². The summed E-state index contributed by atoms with van der Waals surface area (Å²) in [5, 5.41) is 10.3.